The third-order valence-electron chi connectivity index (χ3n) is 11.6. The number of unbranched alkanes of at least 4 members (excludes halogenated alkanes) is 35. The molecule has 0 N–H and O–H groups in total. The van der Waals surface area contributed by atoms with E-state index in [1.807, 2.05) is 0 Å². The molecule has 0 aromatic heterocycles. The molecule has 0 amide bonds. The largest absolute Gasteiger partial charge is 0.465 e. The summed E-state index contributed by atoms with van der Waals surface area (Å²) in [5, 5.41) is 0. The second-order valence-electron chi connectivity index (χ2n) is 16.9. The zero-order valence-corrected chi connectivity index (χ0v) is 36.5. The number of hydrogen-bond donors (Lipinski definition) is 0. The van der Waals surface area contributed by atoms with Crippen LogP contribution in [0.25, 0.3) is 0 Å². The molecule has 0 aliphatic carbocycles. The van der Waals surface area contributed by atoms with Gasteiger partial charge in [0, 0.05) is 6.42 Å². The van der Waals surface area contributed by atoms with Crippen LogP contribution < -0.4 is 0 Å². The topological polar surface area (TPSA) is 26.3 Å². The molecule has 0 heterocycles. The fourth-order valence-electron chi connectivity index (χ4n) is 7.84. The molecular weight excluding hydrogens is 633 g/mol. The van der Waals surface area contributed by atoms with Crippen LogP contribution in [0, 0.1) is 5.92 Å². The van der Waals surface area contributed by atoms with Crippen molar-refractivity contribution >= 4 is 5.97 Å². The van der Waals surface area contributed by atoms with Gasteiger partial charge in [-0.05, 0) is 50.9 Å². The standard InChI is InChI=1S/C50H98O2/c1-4-7-10-13-16-19-22-25-27-29-32-35-38-41-44-47-50(51)52-48-49(45-42-39-36-33-30-24-21-18-15-12-9-6-3)46-43-40-37-34-31-28-26-23-20-17-14-11-8-5-2/h25,27,49H,4-24,26,28-48H2,1-3H3/b27-25+. The van der Waals surface area contributed by atoms with Crippen LogP contribution in [0.2, 0.25) is 0 Å². The van der Waals surface area contributed by atoms with E-state index in [0.717, 1.165) is 12.8 Å². The Bertz CT molecular complexity index is 684. The Balaban J connectivity index is 4.06. The van der Waals surface area contributed by atoms with Gasteiger partial charge >= 0.3 is 5.97 Å². The van der Waals surface area contributed by atoms with Gasteiger partial charge in [0.15, 0.2) is 0 Å². The SMILES string of the molecule is CCCCCCCC/C=C/CCCCCCCC(=O)OCC(CCCCCCCCCCCCCC)CCCCCCCCCCCCCCCC. The Morgan fingerprint density at radius 1 is 0.365 bits per heavy atom. The third-order valence-corrected chi connectivity index (χ3v) is 11.6. The van der Waals surface area contributed by atoms with Crippen molar-refractivity contribution in [3.8, 4) is 0 Å². The van der Waals surface area contributed by atoms with Gasteiger partial charge in [-0.1, -0.05) is 251 Å². The Kier molecular flexibility index (Phi) is 45.7. The van der Waals surface area contributed by atoms with Gasteiger partial charge in [-0.2, -0.15) is 0 Å². The van der Waals surface area contributed by atoms with Crippen LogP contribution in [0.15, 0.2) is 12.2 Å². The maximum absolute atomic E-state index is 12.6. The highest BCUT2D eigenvalue weighted by Gasteiger charge is 2.12. The summed E-state index contributed by atoms with van der Waals surface area (Å²) >= 11 is 0. The minimum absolute atomic E-state index is 0.0540. The number of allylic oxidation sites excluding steroid dienone is 2. The van der Waals surface area contributed by atoms with E-state index in [2.05, 4.69) is 32.9 Å². The quantitative estimate of drug-likeness (QED) is 0.0354. The second kappa shape index (κ2) is 46.4. The number of hydrogen-bond acceptors (Lipinski definition) is 2. The summed E-state index contributed by atoms with van der Waals surface area (Å²) in [5.74, 6) is 0.622. The Morgan fingerprint density at radius 3 is 0.962 bits per heavy atom. The Morgan fingerprint density at radius 2 is 0.635 bits per heavy atom. The maximum Gasteiger partial charge on any atom is 0.305 e. The smallest absolute Gasteiger partial charge is 0.305 e. The maximum atomic E-state index is 12.6. The van der Waals surface area contributed by atoms with Gasteiger partial charge in [0.25, 0.3) is 0 Å². The lowest BCUT2D eigenvalue weighted by atomic mass is 9.94. The van der Waals surface area contributed by atoms with E-state index in [9.17, 15) is 4.79 Å². The van der Waals surface area contributed by atoms with Crippen LogP contribution in [0.3, 0.4) is 0 Å². The first kappa shape index (κ1) is 51.2. The number of carbonyl (C=O) groups is 1. The van der Waals surface area contributed by atoms with E-state index in [-0.39, 0.29) is 5.97 Å². The normalized spacial score (nSPS) is 12.3. The summed E-state index contributed by atoms with van der Waals surface area (Å²) in [5.41, 5.74) is 0. The van der Waals surface area contributed by atoms with E-state index in [4.69, 9.17) is 4.74 Å². The molecule has 0 aromatic carbocycles. The van der Waals surface area contributed by atoms with Crippen molar-refractivity contribution in [2.45, 2.75) is 290 Å². The van der Waals surface area contributed by atoms with Crippen molar-refractivity contribution in [2.75, 3.05) is 6.61 Å². The first-order valence-corrected chi connectivity index (χ1v) is 24.5. The van der Waals surface area contributed by atoms with Gasteiger partial charge in [-0.15, -0.1) is 0 Å². The number of rotatable bonds is 45. The second-order valence-corrected chi connectivity index (χ2v) is 16.9. The summed E-state index contributed by atoms with van der Waals surface area (Å²) in [6, 6.07) is 0. The first-order chi connectivity index (χ1) is 25.7. The Labute approximate surface area is 329 Å². The van der Waals surface area contributed by atoms with Crippen LogP contribution in [0.4, 0.5) is 0 Å². The molecule has 0 radical (unpaired) electrons. The van der Waals surface area contributed by atoms with Gasteiger partial charge < -0.3 is 4.74 Å². The van der Waals surface area contributed by atoms with E-state index >= 15 is 0 Å². The number of carbonyl (C=O) groups excluding carboxylic acids is 1. The number of ether oxygens (including phenoxy) is 1. The van der Waals surface area contributed by atoms with Crippen molar-refractivity contribution in [3.05, 3.63) is 12.2 Å². The lowest BCUT2D eigenvalue weighted by Crippen LogP contribution is -2.14. The third kappa shape index (κ3) is 43.6. The molecule has 0 fully saturated rings. The van der Waals surface area contributed by atoms with E-state index < -0.39 is 0 Å². The molecule has 0 aliphatic heterocycles. The van der Waals surface area contributed by atoms with Crippen molar-refractivity contribution in [1.29, 1.82) is 0 Å². The van der Waals surface area contributed by atoms with Gasteiger partial charge in [0.05, 0.1) is 6.61 Å². The summed E-state index contributed by atoms with van der Waals surface area (Å²) in [4.78, 5) is 12.6. The van der Waals surface area contributed by atoms with Gasteiger partial charge in [-0.25, -0.2) is 0 Å². The monoisotopic (exact) mass is 731 g/mol. The predicted molar refractivity (Wildman–Crippen MR) is 235 cm³/mol. The minimum Gasteiger partial charge on any atom is -0.465 e. The highest BCUT2D eigenvalue weighted by molar-refractivity contribution is 5.69. The average Bonchev–Trinajstić information content (AvgIpc) is 3.15. The summed E-state index contributed by atoms with van der Waals surface area (Å²) in [7, 11) is 0. The summed E-state index contributed by atoms with van der Waals surface area (Å²) in [6.45, 7) is 7.56. The molecule has 2 heteroatoms. The number of esters is 1. The van der Waals surface area contributed by atoms with Crippen molar-refractivity contribution in [3.63, 3.8) is 0 Å². The fourth-order valence-corrected chi connectivity index (χ4v) is 7.84. The molecule has 0 spiro atoms. The van der Waals surface area contributed by atoms with Crippen molar-refractivity contribution < 1.29 is 9.53 Å². The average molecular weight is 731 g/mol. The van der Waals surface area contributed by atoms with E-state index in [1.165, 1.54) is 250 Å². The Hall–Kier alpha value is -0.790. The summed E-state index contributed by atoms with van der Waals surface area (Å²) < 4.78 is 5.90. The molecule has 0 aliphatic rings. The van der Waals surface area contributed by atoms with Crippen LogP contribution >= 0.6 is 0 Å². The minimum atomic E-state index is 0.0540. The molecule has 0 saturated heterocycles. The first-order valence-electron chi connectivity index (χ1n) is 24.5. The van der Waals surface area contributed by atoms with Gasteiger partial charge in [0.1, 0.15) is 0 Å². The van der Waals surface area contributed by atoms with Gasteiger partial charge in [0.2, 0.25) is 0 Å². The van der Waals surface area contributed by atoms with Crippen molar-refractivity contribution in [1.82, 2.24) is 0 Å². The molecule has 52 heavy (non-hydrogen) atoms. The molecule has 0 bridgehead atoms. The van der Waals surface area contributed by atoms with Gasteiger partial charge in [-0.3, -0.25) is 4.79 Å². The van der Waals surface area contributed by atoms with Crippen molar-refractivity contribution in [2.24, 2.45) is 5.92 Å². The highest BCUT2D eigenvalue weighted by Crippen LogP contribution is 2.21. The molecule has 2 nitrogen and oxygen atoms in total. The molecule has 0 rings (SSSR count). The molecule has 0 saturated carbocycles. The lowest BCUT2D eigenvalue weighted by Gasteiger charge is -2.17. The zero-order valence-electron chi connectivity index (χ0n) is 36.5. The van der Waals surface area contributed by atoms with Crippen LogP contribution in [0.1, 0.15) is 290 Å². The highest BCUT2D eigenvalue weighted by atomic mass is 16.5. The lowest BCUT2D eigenvalue weighted by molar-refractivity contribution is -0.145. The molecule has 1 unspecified atom stereocenters. The molecular formula is C50H98O2. The van der Waals surface area contributed by atoms with E-state index in [0.29, 0.717) is 18.9 Å². The van der Waals surface area contributed by atoms with Crippen LogP contribution in [0.5, 0.6) is 0 Å². The predicted octanol–water partition coefficient (Wildman–Crippen LogP) is 18.1. The summed E-state index contributed by atoms with van der Waals surface area (Å²) in [6.07, 6.45) is 61.3. The van der Waals surface area contributed by atoms with E-state index in [1.54, 1.807) is 0 Å². The molecule has 0 aromatic rings. The fraction of sp³-hybridized carbons (Fsp3) is 0.940. The molecule has 310 valence electrons. The molecule has 1 atom stereocenters. The zero-order chi connectivity index (χ0) is 37.7. The van der Waals surface area contributed by atoms with Crippen LogP contribution in [-0.2, 0) is 9.53 Å². The van der Waals surface area contributed by atoms with Crippen LogP contribution in [-0.4, -0.2) is 12.6 Å².